The van der Waals surface area contributed by atoms with Crippen LogP contribution in [-0.2, 0) is 27.2 Å². The van der Waals surface area contributed by atoms with E-state index in [0.717, 1.165) is 11.1 Å². The van der Waals surface area contributed by atoms with Crippen molar-refractivity contribution in [2.45, 2.75) is 68.2 Å². The minimum Gasteiger partial charge on any atom is -0.496 e. The van der Waals surface area contributed by atoms with E-state index in [1.165, 1.54) is 7.11 Å². The van der Waals surface area contributed by atoms with Crippen molar-refractivity contribution in [3.8, 4) is 17.2 Å². The largest absolute Gasteiger partial charge is 0.496 e. The molecule has 206 valence electrons. The Bertz CT molecular complexity index is 1210. The van der Waals surface area contributed by atoms with Crippen molar-refractivity contribution in [3.63, 3.8) is 0 Å². The van der Waals surface area contributed by atoms with Crippen LogP contribution in [0.4, 0.5) is 0 Å². The highest BCUT2D eigenvalue weighted by atomic mass is 16.5. The van der Waals surface area contributed by atoms with Crippen molar-refractivity contribution in [2.24, 2.45) is 10.8 Å². The van der Waals surface area contributed by atoms with E-state index in [1.54, 1.807) is 79.0 Å². The van der Waals surface area contributed by atoms with Crippen LogP contribution in [0.2, 0.25) is 0 Å². The zero-order valence-electron chi connectivity index (χ0n) is 24.2. The molecule has 0 saturated heterocycles. The summed E-state index contributed by atoms with van der Waals surface area (Å²) in [6.07, 6.45) is 2.79. The molecule has 0 saturated carbocycles. The Labute approximate surface area is 226 Å². The second kappa shape index (κ2) is 12.3. The van der Waals surface area contributed by atoms with Gasteiger partial charge in [-0.2, -0.15) is 0 Å². The van der Waals surface area contributed by atoms with E-state index in [2.05, 4.69) is 0 Å². The molecule has 2 aromatic rings. The molecule has 0 fully saturated rings. The van der Waals surface area contributed by atoms with Crippen LogP contribution in [0, 0.1) is 10.8 Å². The summed E-state index contributed by atoms with van der Waals surface area (Å²) in [4.78, 5) is 38.1. The summed E-state index contributed by atoms with van der Waals surface area (Å²) < 4.78 is 22.5. The van der Waals surface area contributed by atoms with Crippen LogP contribution in [0.15, 0.2) is 36.1 Å². The lowest BCUT2D eigenvalue weighted by Crippen LogP contribution is -2.26. The maximum Gasteiger partial charge on any atom is 0.316 e. The summed E-state index contributed by atoms with van der Waals surface area (Å²) in [5.74, 6) is 0.413. The highest BCUT2D eigenvalue weighted by molar-refractivity contribution is 6.10. The maximum atomic E-state index is 13.3. The Hall–Kier alpha value is -3.61. The zero-order valence-corrected chi connectivity index (χ0v) is 24.2. The van der Waals surface area contributed by atoms with Gasteiger partial charge in [0.15, 0.2) is 5.76 Å². The van der Waals surface area contributed by atoms with Crippen molar-refractivity contribution < 1.29 is 33.3 Å². The molecule has 0 spiro atoms. The molecule has 0 heterocycles. The van der Waals surface area contributed by atoms with Crippen molar-refractivity contribution in [2.75, 3.05) is 14.2 Å². The fraction of sp³-hybridized carbons (Fsp3) is 0.452. The smallest absolute Gasteiger partial charge is 0.316 e. The number of esters is 2. The number of benzene rings is 2. The number of ether oxygens (including phenoxy) is 4. The molecule has 0 unspecified atom stereocenters. The fourth-order valence-corrected chi connectivity index (χ4v) is 3.53. The third-order valence-electron chi connectivity index (χ3n) is 5.85. The first-order valence-electron chi connectivity index (χ1n) is 12.8. The lowest BCUT2D eigenvalue weighted by Gasteiger charge is -2.22. The number of allylic oxidation sites excluding steroid dienone is 1. The molecule has 2 aromatic carbocycles. The van der Waals surface area contributed by atoms with Gasteiger partial charge in [0.25, 0.3) is 0 Å². The van der Waals surface area contributed by atoms with Crippen molar-refractivity contribution in [1.29, 1.82) is 0 Å². The lowest BCUT2D eigenvalue weighted by atomic mass is 9.95. The highest BCUT2D eigenvalue weighted by Crippen LogP contribution is 2.39. The van der Waals surface area contributed by atoms with Crippen LogP contribution in [-0.4, -0.2) is 31.9 Å². The second-order valence-corrected chi connectivity index (χ2v) is 11.0. The van der Waals surface area contributed by atoms with Gasteiger partial charge in [-0.05, 0) is 96.4 Å². The van der Waals surface area contributed by atoms with Crippen LogP contribution < -0.4 is 14.2 Å². The molecule has 2 rings (SSSR count). The maximum absolute atomic E-state index is 13.3. The summed E-state index contributed by atoms with van der Waals surface area (Å²) in [7, 11) is 2.97. The molecule has 0 aliphatic rings. The number of ketones is 1. The number of hydrogen-bond acceptors (Lipinski definition) is 7. The van der Waals surface area contributed by atoms with Crippen LogP contribution >= 0.6 is 0 Å². The van der Waals surface area contributed by atoms with E-state index in [4.69, 9.17) is 18.9 Å². The van der Waals surface area contributed by atoms with E-state index >= 15 is 0 Å². The first kappa shape index (κ1) is 30.6. The number of rotatable bonds is 9. The van der Waals surface area contributed by atoms with E-state index < -0.39 is 10.8 Å². The minimum absolute atomic E-state index is 0.103. The Morgan fingerprint density at radius 3 is 1.79 bits per heavy atom. The minimum atomic E-state index is -0.669. The molecule has 0 aliphatic carbocycles. The van der Waals surface area contributed by atoms with Gasteiger partial charge in [0.05, 0.1) is 25.0 Å². The molecule has 7 heteroatoms. The molecule has 0 amide bonds. The van der Waals surface area contributed by atoms with Gasteiger partial charge in [-0.3, -0.25) is 14.4 Å². The highest BCUT2D eigenvalue weighted by Gasteiger charge is 2.28. The molecular weight excluding hydrogens is 484 g/mol. The number of carbonyl (C=O) groups is 3. The number of methoxy groups -OCH3 is 2. The van der Waals surface area contributed by atoms with E-state index in [0.29, 0.717) is 41.2 Å². The van der Waals surface area contributed by atoms with Gasteiger partial charge in [-0.25, -0.2) is 0 Å². The summed E-state index contributed by atoms with van der Waals surface area (Å²) in [6.45, 7) is 14.6. The molecule has 0 bridgehead atoms. The predicted octanol–water partition coefficient (Wildman–Crippen LogP) is 6.59. The van der Waals surface area contributed by atoms with Gasteiger partial charge in [0.1, 0.15) is 17.2 Å². The quantitative estimate of drug-likeness (QED) is 0.120. The molecule has 7 nitrogen and oxygen atoms in total. The summed E-state index contributed by atoms with van der Waals surface area (Å²) in [6, 6.07) is 8.18. The first-order valence-corrected chi connectivity index (χ1v) is 12.8. The SMILES string of the molecule is CCc1cc(C=C(OC)C(=O)c2ccc(OC(=O)C(C)(C)C)cc2)c(OC)c(CC)c1OC(=O)C(C)(C)C. The molecule has 0 N–H and O–H groups in total. The fourth-order valence-electron chi connectivity index (χ4n) is 3.53. The van der Waals surface area contributed by atoms with Gasteiger partial charge in [0, 0.05) is 16.7 Å². The molecule has 38 heavy (non-hydrogen) atoms. The van der Waals surface area contributed by atoms with Gasteiger partial charge >= 0.3 is 11.9 Å². The third-order valence-corrected chi connectivity index (χ3v) is 5.85. The Morgan fingerprint density at radius 2 is 1.34 bits per heavy atom. The second-order valence-electron chi connectivity index (χ2n) is 11.0. The zero-order chi connectivity index (χ0) is 28.8. The van der Waals surface area contributed by atoms with Gasteiger partial charge in [-0.1, -0.05) is 13.8 Å². The first-order chi connectivity index (χ1) is 17.7. The van der Waals surface area contributed by atoms with Crippen LogP contribution in [0.25, 0.3) is 6.08 Å². The number of Topliss-reactive ketones (excluding diaryl/α,β-unsaturated/α-hetero) is 1. The van der Waals surface area contributed by atoms with Crippen molar-refractivity contribution in [3.05, 3.63) is 58.3 Å². The van der Waals surface area contributed by atoms with Crippen molar-refractivity contribution in [1.82, 2.24) is 0 Å². The summed E-state index contributed by atoms with van der Waals surface area (Å²) in [5, 5.41) is 0. The molecule has 0 radical (unpaired) electrons. The van der Waals surface area contributed by atoms with Crippen LogP contribution in [0.1, 0.15) is 82.4 Å². The number of hydrogen-bond donors (Lipinski definition) is 0. The predicted molar refractivity (Wildman–Crippen MR) is 148 cm³/mol. The molecule has 0 aromatic heterocycles. The third kappa shape index (κ3) is 7.24. The van der Waals surface area contributed by atoms with Gasteiger partial charge in [0.2, 0.25) is 5.78 Å². The molecular formula is C31H40O7. The summed E-state index contributed by atoms with van der Waals surface area (Å²) >= 11 is 0. The van der Waals surface area contributed by atoms with Crippen LogP contribution in [0.3, 0.4) is 0 Å². The average molecular weight is 525 g/mol. The van der Waals surface area contributed by atoms with Crippen LogP contribution in [0.5, 0.6) is 17.2 Å². The summed E-state index contributed by atoms with van der Waals surface area (Å²) in [5.41, 5.74) is 1.25. The molecule has 0 aliphatic heterocycles. The number of aryl methyl sites for hydroxylation is 1. The average Bonchev–Trinajstić information content (AvgIpc) is 2.85. The molecule has 0 atom stereocenters. The van der Waals surface area contributed by atoms with Gasteiger partial charge < -0.3 is 18.9 Å². The van der Waals surface area contributed by atoms with E-state index in [-0.39, 0.29) is 23.5 Å². The van der Waals surface area contributed by atoms with Crippen molar-refractivity contribution >= 4 is 23.8 Å². The Kier molecular flexibility index (Phi) is 9.90. The van der Waals surface area contributed by atoms with E-state index in [1.807, 2.05) is 19.9 Å². The number of carbonyl (C=O) groups excluding carboxylic acids is 3. The topological polar surface area (TPSA) is 88.1 Å². The van der Waals surface area contributed by atoms with Gasteiger partial charge in [-0.15, -0.1) is 0 Å². The normalized spacial score (nSPS) is 12.1. The monoisotopic (exact) mass is 524 g/mol. The lowest BCUT2D eigenvalue weighted by molar-refractivity contribution is -0.143. The standard InChI is InChI=1S/C31H40O7/c1-11-19-17-21(26(36-10)23(12-2)27(19)38-29(34)31(6,7)8)18-24(35-9)25(32)20-13-15-22(16-14-20)37-28(33)30(3,4)5/h13-18H,11-12H2,1-10H3. The Balaban J connectivity index is 2.50. The Morgan fingerprint density at radius 1 is 0.789 bits per heavy atom. The van der Waals surface area contributed by atoms with E-state index in [9.17, 15) is 14.4 Å².